The molecule has 0 heterocycles. The van der Waals surface area contributed by atoms with E-state index in [1.807, 2.05) is 18.2 Å². The van der Waals surface area contributed by atoms with E-state index in [4.69, 9.17) is 9.84 Å². The minimum atomic E-state index is -0.774. The van der Waals surface area contributed by atoms with Gasteiger partial charge in [0, 0.05) is 9.99 Å². The van der Waals surface area contributed by atoms with Gasteiger partial charge in [0.2, 0.25) is 0 Å². The molecule has 0 saturated carbocycles. The van der Waals surface area contributed by atoms with Crippen molar-refractivity contribution in [1.29, 1.82) is 0 Å². The first-order valence-corrected chi connectivity index (χ1v) is 5.25. The fraction of sp³-hybridized carbons (Fsp3) is 0.300. The SMILES string of the molecule is COc1ccc(I)c(CCC(=O)O)c1. The summed E-state index contributed by atoms with van der Waals surface area (Å²) in [7, 11) is 1.60. The third kappa shape index (κ3) is 3.17. The van der Waals surface area contributed by atoms with Crippen LogP contribution >= 0.6 is 22.6 Å². The lowest BCUT2D eigenvalue weighted by Gasteiger charge is -2.05. The highest BCUT2D eigenvalue weighted by Gasteiger charge is 2.04. The Morgan fingerprint density at radius 2 is 2.29 bits per heavy atom. The summed E-state index contributed by atoms with van der Waals surface area (Å²) >= 11 is 2.19. The van der Waals surface area contributed by atoms with Gasteiger partial charge in [-0.3, -0.25) is 4.79 Å². The first kappa shape index (κ1) is 11.3. The Kier molecular flexibility index (Phi) is 4.19. The molecular weight excluding hydrogens is 295 g/mol. The van der Waals surface area contributed by atoms with Crippen LogP contribution in [0.2, 0.25) is 0 Å². The van der Waals surface area contributed by atoms with Crippen LogP contribution in [-0.2, 0) is 11.2 Å². The second-order valence-corrected chi connectivity index (χ2v) is 4.01. The van der Waals surface area contributed by atoms with E-state index in [9.17, 15) is 4.79 Å². The number of aliphatic carboxylic acids is 1. The van der Waals surface area contributed by atoms with Gasteiger partial charge in [-0.1, -0.05) is 0 Å². The van der Waals surface area contributed by atoms with Crippen LogP contribution in [0.4, 0.5) is 0 Å². The number of carboxylic acid groups (broad SMARTS) is 1. The number of ether oxygens (including phenoxy) is 1. The van der Waals surface area contributed by atoms with E-state index in [1.54, 1.807) is 7.11 Å². The van der Waals surface area contributed by atoms with Gasteiger partial charge in [0.1, 0.15) is 5.75 Å². The van der Waals surface area contributed by atoms with Crippen LogP contribution in [0.5, 0.6) is 5.75 Å². The summed E-state index contributed by atoms with van der Waals surface area (Å²) in [5.41, 5.74) is 1.02. The number of methoxy groups -OCH3 is 1. The number of hydrogen-bond donors (Lipinski definition) is 1. The molecule has 0 aliphatic heterocycles. The Hall–Kier alpha value is -0.780. The Morgan fingerprint density at radius 1 is 1.57 bits per heavy atom. The maximum atomic E-state index is 10.4. The van der Waals surface area contributed by atoms with Crippen molar-refractivity contribution >= 4 is 28.6 Å². The molecule has 0 bridgehead atoms. The second-order valence-electron chi connectivity index (χ2n) is 2.85. The molecule has 0 radical (unpaired) electrons. The number of aryl methyl sites for hydroxylation is 1. The summed E-state index contributed by atoms with van der Waals surface area (Å²) in [5, 5.41) is 8.56. The minimum Gasteiger partial charge on any atom is -0.497 e. The van der Waals surface area contributed by atoms with E-state index in [-0.39, 0.29) is 6.42 Å². The molecular formula is C10H11IO3. The lowest BCUT2D eigenvalue weighted by Crippen LogP contribution is -1.99. The van der Waals surface area contributed by atoms with E-state index < -0.39 is 5.97 Å². The highest BCUT2D eigenvalue weighted by Crippen LogP contribution is 2.20. The number of carboxylic acids is 1. The number of halogens is 1. The highest BCUT2D eigenvalue weighted by atomic mass is 127. The molecule has 0 unspecified atom stereocenters. The van der Waals surface area contributed by atoms with Crippen LogP contribution in [0, 0.1) is 3.57 Å². The maximum absolute atomic E-state index is 10.4. The Bertz CT molecular complexity index is 336. The topological polar surface area (TPSA) is 46.5 Å². The minimum absolute atomic E-state index is 0.156. The van der Waals surface area contributed by atoms with Crippen LogP contribution < -0.4 is 4.74 Å². The summed E-state index contributed by atoms with van der Waals surface area (Å²) in [6.07, 6.45) is 0.702. The van der Waals surface area contributed by atoms with E-state index in [0.29, 0.717) is 6.42 Å². The van der Waals surface area contributed by atoms with Crippen molar-refractivity contribution in [3.63, 3.8) is 0 Å². The molecule has 14 heavy (non-hydrogen) atoms. The summed E-state index contributed by atoms with van der Waals surface area (Å²) in [4.78, 5) is 10.4. The predicted octanol–water partition coefficient (Wildman–Crippen LogP) is 2.32. The molecule has 0 spiro atoms. The number of benzene rings is 1. The normalized spacial score (nSPS) is 9.86. The van der Waals surface area contributed by atoms with Crippen LogP contribution in [0.1, 0.15) is 12.0 Å². The van der Waals surface area contributed by atoms with Gasteiger partial charge in [-0.15, -0.1) is 0 Å². The quantitative estimate of drug-likeness (QED) is 0.868. The fourth-order valence-corrected chi connectivity index (χ4v) is 1.72. The Balaban J connectivity index is 2.78. The molecule has 0 fully saturated rings. The molecule has 4 heteroatoms. The van der Waals surface area contributed by atoms with Crippen molar-refractivity contribution in [3.8, 4) is 5.75 Å². The third-order valence-electron chi connectivity index (χ3n) is 1.86. The van der Waals surface area contributed by atoms with Gasteiger partial charge in [-0.25, -0.2) is 0 Å². The van der Waals surface area contributed by atoms with Crippen LogP contribution in [0.25, 0.3) is 0 Å². The first-order valence-electron chi connectivity index (χ1n) is 4.17. The molecule has 1 N–H and O–H groups in total. The Labute approximate surface area is 96.2 Å². The smallest absolute Gasteiger partial charge is 0.303 e. The summed E-state index contributed by atoms with van der Waals surface area (Å²) < 4.78 is 6.14. The van der Waals surface area contributed by atoms with Crippen molar-refractivity contribution in [2.75, 3.05) is 7.11 Å². The molecule has 76 valence electrons. The highest BCUT2D eigenvalue weighted by molar-refractivity contribution is 14.1. The van der Waals surface area contributed by atoms with Gasteiger partial charge in [0.25, 0.3) is 0 Å². The standard InChI is InChI=1S/C10H11IO3/c1-14-8-3-4-9(11)7(6-8)2-5-10(12)13/h3-4,6H,2,5H2,1H3,(H,12,13). The van der Waals surface area contributed by atoms with E-state index in [1.165, 1.54) is 0 Å². The van der Waals surface area contributed by atoms with Crippen molar-refractivity contribution < 1.29 is 14.6 Å². The van der Waals surface area contributed by atoms with E-state index >= 15 is 0 Å². The third-order valence-corrected chi connectivity index (χ3v) is 2.91. The molecule has 0 aliphatic carbocycles. The fourth-order valence-electron chi connectivity index (χ4n) is 1.11. The van der Waals surface area contributed by atoms with Crippen molar-refractivity contribution in [3.05, 3.63) is 27.3 Å². The van der Waals surface area contributed by atoms with Gasteiger partial charge in [0.05, 0.1) is 7.11 Å². The van der Waals surface area contributed by atoms with Gasteiger partial charge in [-0.2, -0.15) is 0 Å². The lowest BCUT2D eigenvalue weighted by molar-refractivity contribution is -0.136. The molecule has 0 saturated heterocycles. The second kappa shape index (κ2) is 5.19. The lowest BCUT2D eigenvalue weighted by atomic mass is 10.1. The van der Waals surface area contributed by atoms with Gasteiger partial charge in [0.15, 0.2) is 0 Å². The first-order chi connectivity index (χ1) is 6.63. The summed E-state index contributed by atoms with van der Waals surface area (Å²) in [6.45, 7) is 0. The molecule has 0 aromatic heterocycles. The maximum Gasteiger partial charge on any atom is 0.303 e. The van der Waals surface area contributed by atoms with E-state index in [2.05, 4.69) is 22.6 Å². The average molecular weight is 306 g/mol. The monoisotopic (exact) mass is 306 g/mol. The zero-order chi connectivity index (χ0) is 10.6. The molecule has 1 aromatic carbocycles. The van der Waals surface area contributed by atoms with E-state index in [0.717, 1.165) is 14.9 Å². The largest absolute Gasteiger partial charge is 0.497 e. The van der Waals surface area contributed by atoms with Crippen molar-refractivity contribution in [2.24, 2.45) is 0 Å². The zero-order valence-electron chi connectivity index (χ0n) is 7.79. The molecule has 0 aliphatic rings. The van der Waals surface area contributed by atoms with Crippen molar-refractivity contribution in [1.82, 2.24) is 0 Å². The van der Waals surface area contributed by atoms with Gasteiger partial charge < -0.3 is 9.84 Å². The molecule has 0 amide bonds. The Morgan fingerprint density at radius 3 is 2.86 bits per heavy atom. The molecule has 3 nitrogen and oxygen atoms in total. The van der Waals surface area contributed by atoms with Crippen LogP contribution in [0.15, 0.2) is 18.2 Å². The number of hydrogen-bond acceptors (Lipinski definition) is 2. The predicted molar refractivity (Wildman–Crippen MR) is 61.7 cm³/mol. The summed E-state index contributed by atoms with van der Waals surface area (Å²) in [5.74, 6) is -0.00516. The molecule has 1 rings (SSSR count). The molecule has 0 atom stereocenters. The molecule has 1 aromatic rings. The van der Waals surface area contributed by atoms with Gasteiger partial charge in [-0.05, 0) is 52.8 Å². The van der Waals surface area contributed by atoms with Gasteiger partial charge >= 0.3 is 5.97 Å². The van der Waals surface area contributed by atoms with Crippen molar-refractivity contribution in [2.45, 2.75) is 12.8 Å². The average Bonchev–Trinajstić information content (AvgIpc) is 2.16. The van der Waals surface area contributed by atoms with Crippen LogP contribution in [0.3, 0.4) is 0 Å². The van der Waals surface area contributed by atoms with Crippen LogP contribution in [-0.4, -0.2) is 18.2 Å². The zero-order valence-corrected chi connectivity index (χ0v) is 9.95. The summed E-state index contributed by atoms with van der Waals surface area (Å²) in [6, 6.07) is 5.67. The number of rotatable bonds is 4. The number of carbonyl (C=O) groups is 1.